The van der Waals surface area contributed by atoms with Gasteiger partial charge in [0.05, 0.1) is 5.56 Å². The largest absolute Gasteiger partial charge is 0.369 e. The number of anilines is 1. The maximum absolute atomic E-state index is 10.9. The van der Waals surface area contributed by atoms with Crippen molar-refractivity contribution in [1.29, 1.82) is 0 Å². The molecule has 92 valence electrons. The molecule has 0 atom stereocenters. The topological polar surface area (TPSA) is 54.9 Å². The van der Waals surface area contributed by atoms with Gasteiger partial charge in [0.1, 0.15) is 17.3 Å². The summed E-state index contributed by atoms with van der Waals surface area (Å²) in [4.78, 5) is 18.8. The Bertz CT molecular complexity index is 416. The zero-order valence-corrected chi connectivity index (χ0v) is 10.6. The molecule has 0 aromatic carbocycles. The minimum atomic E-state index is 0.203. The van der Waals surface area contributed by atoms with Crippen LogP contribution in [0.1, 0.15) is 43.0 Å². The first-order valence-corrected chi connectivity index (χ1v) is 6.22. The summed E-state index contributed by atoms with van der Waals surface area (Å²) in [5.41, 5.74) is 0.646. The van der Waals surface area contributed by atoms with Gasteiger partial charge in [0.15, 0.2) is 6.29 Å². The standard InChI is InChI=1S/C12H16ClN3O/c1-12(4-2-3-5-12)7-14-11-9(6-17)10(13)15-8-16-11/h6,8H,2-5,7H2,1H3,(H,14,15,16). The molecule has 1 aliphatic rings. The summed E-state index contributed by atoms with van der Waals surface area (Å²) in [5, 5.41) is 3.42. The summed E-state index contributed by atoms with van der Waals surface area (Å²) in [6.07, 6.45) is 7.06. The predicted molar refractivity (Wildman–Crippen MR) is 67.5 cm³/mol. The van der Waals surface area contributed by atoms with Crippen molar-refractivity contribution in [3.63, 3.8) is 0 Å². The predicted octanol–water partition coefficient (Wildman–Crippen LogP) is 2.93. The summed E-state index contributed by atoms with van der Waals surface area (Å²) in [5.74, 6) is 0.535. The summed E-state index contributed by atoms with van der Waals surface area (Å²) in [6, 6.07) is 0. The van der Waals surface area contributed by atoms with Crippen LogP contribution in [0.15, 0.2) is 6.33 Å². The average molecular weight is 254 g/mol. The molecule has 1 aromatic heterocycles. The van der Waals surface area contributed by atoms with Crippen LogP contribution in [0.25, 0.3) is 0 Å². The molecule has 17 heavy (non-hydrogen) atoms. The first kappa shape index (κ1) is 12.3. The normalized spacial score (nSPS) is 18.0. The number of carbonyl (C=O) groups is 1. The smallest absolute Gasteiger partial charge is 0.156 e. The van der Waals surface area contributed by atoms with E-state index in [0.717, 1.165) is 6.54 Å². The van der Waals surface area contributed by atoms with Gasteiger partial charge in [0, 0.05) is 6.54 Å². The maximum atomic E-state index is 10.9. The van der Waals surface area contributed by atoms with Gasteiger partial charge in [-0.15, -0.1) is 0 Å². The molecule has 1 fully saturated rings. The molecule has 0 unspecified atom stereocenters. The fourth-order valence-corrected chi connectivity index (χ4v) is 2.50. The van der Waals surface area contributed by atoms with Crippen molar-refractivity contribution in [1.82, 2.24) is 9.97 Å². The maximum Gasteiger partial charge on any atom is 0.156 e. The monoisotopic (exact) mass is 253 g/mol. The van der Waals surface area contributed by atoms with E-state index >= 15 is 0 Å². The zero-order valence-electron chi connectivity index (χ0n) is 9.87. The molecular formula is C12H16ClN3O. The second-order valence-corrected chi connectivity index (χ2v) is 5.27. The van der Waals surface area contributed by atoms with E-state index in [4.69, 9.17) is 11.6 Å². The summed E-state index contributed by atoms with van der Waals surface area (Å²) < 4.78 is 0. The molecule has 0 radical (unpaired) electrons. The minimum absolute atomic E-state index is 0.203. The number of rotatable bonds is 4. The molecule has 0 amide bonds. The van der Waals surface area contributed by atoms with Gasteiger partial charge in [-0.2, -0.15) is 0 Å². The second-order valence-electron chi connectivity index (χ2n) is 4.92. The molecule has 0 aliphatic heterocycles. The van der Waals surface area contributed by atoms with Crippen LogP contribution in [0.4, 0.5) is 5.82 Å². The molecular weight excluding hydrogens is 238 g/mol. The van der Waals surface area contributed by atoms with Crippen molar-refractivity contribution in [3.05, 3.63) is 17.0 Å². The molecule has 0 saturated heterocycles. The van der Waals surface area contributed by atoms with Gasteiger partial charge in [-0.3, -0.25) is 4.79 Å². The van der Waals surface area contributed by atoms with Crippen LogP contribution in [-0.2, 0) is 0 Å². The van der Waals surface area contributed by atoms with Crippen molar-refractivity contribution < 1.29 is 4.79 Å². The van der Waals surface area contributed by atoms with E-state index in [1.165, 1.54) is 32.0 Å². The van der Waals surface area contributed by atoms with Gasteiger partial charge in [-0.1, -0.05) is 31.4 Å². The van der Waals surface area contributed by atoms with Gasteiger partial charge in [-0.25, -0.2) is 9.97 Å². The number of halogens is 1. The molecule has 2 rings (SSSR count). The quantitative estimate of drug-likeness (QED) is 0.662. The van der Waals surface area contributed by atoms with Crippen molar-refractivity contribution >= 4 is 23.7 Å². The van der Waals surface area contributed by atoms with Gasteiger partial charge in [-0.05, 0) is 18.3 Å². The number of hydrogen-bond acceptors (Lipinski definition) is 4. The van der Waals surface area contributed by atoms with Crippen LogP contribution in [0.2, 0.25) is 5.15 Å². The third-order valence-electron chi connectivity index (χ3n) is 3.45. The van der Waals surface area contributed by atoms with Crippen LogP contribution >= 0.6 is 11.6 Å². The van der Waals surface area contributed by atoms with Crippen LogP contribution in [0, 0.1) is 5.41 Å². The number of nitrogens with zero attached hydrogens (tertiary/aromatic N) is 2. The Labute approximate surface area is 106 Å². The van der Waals surface area contributed by atoms with E-state index in [-0.39, 0.29) is 5.15 Å². The highest BCUT2D eigenvalue weighted by Crippen LogP contribution is 2.37. The van der Waals surface area contributed by atoms with Crippen LogP contribution < -0.4 is 5.32 Å². The lowest BCUT2D eigenvalue weighted by Gasteiger charge is -2.24. The van der Waals surface area contributed by atoms with Gasteiger partial charge in [0.25, 0.3) is 0 Å². The van der Waals surface area contributed by atoms with E-state index in [2.05, 4.69) is 22.2 Å². The molecule has 1 heterocycles. The van der Waals surface area contributed by atoms with Crippen molar-refractivity contribution in [2.45, 2.75) is 32.6 Å². The van der Waals surface area contributed by atoms with E-state index in [1.807, 2.05) is 0 Å². The zero-order chi connectivity index (χ0) is 12.3. The lowest BCUT2D eigenvalue weighted by Crippen LogP contribution is -2.24. The molecule has 1 aromatic rings. The Hall–Kier alpha value is -1.16. The number of carbonyl (C=O) groups excluding carboxylic acids is 1. The molecule has 0 bridgehead atoms. The molecule has 1 aliphatic carbocycles. The van der Waals surface area contributed by atoms with Crippen molar-refractivity contribution in [2.75, 3.05) is 11.9 Å². The third-order valence-corrected chi connectivity index (χ3v) is 3.75. The van der Waals surface area contributed by atoms with E-state index in [0.29, 0.717) is 23.1 Å². The molecule has 1 N–H and O–H groups in total. The average Bonchev–Trinajstić information content (AvgIpc) is 2.74. The van der Waals surface area contributed by atoms with Crippen LogP contribution in [-0.4, -0.2) is 22.8 Å². The lowest BCUT2D eigenvalue weighted by molar-refractivity contribution is 0.112. The number of nitrogens with one attached hydrogen (secondary N) is 1. The molecule has 5 heteroatoms. The summed E-state index contributed by atoms with van der Waals surface area (Å²) >= 11 is 5.84. The summed E-state index contributed by atoms with van der Waals surface area (Å²) in [7, 11) is 0. The fraction of sp³-hybridized carbons (Fsp3) is 0.583. The van der Waals surface area contributed by atoms with Gasteiger partial charge in [0.2, 0.25) is 0 Å². The highest BCUT2D eigenvalue weighted by atomic mass is 35.5. The van der Waals surface area contributed by atoms with Gasteiger partial charge >= 0.3 is 0 Å². The highest BCUT2D eigenvalue weighted by Gasteiger charge is 2.28. The number of aromatic nitrogens is 2. The highest BCUT2D eigenvalue weighted by molar-refractivity contribution is 6.32. The lowest BCUT2D eigenvalue weighted by atomic mass is 9.89. The Morgan fingerprint density at radius 3 is 2.82 bits per heavy atom. The SMILES string of the molecule is CC1(CNc2ncnc(Cl)c2C=O)CCCC1. The van der Waals surface area contributed by atoms with E-state index in [9.17, 15) is 4.79 Å². The van der Waals surface area contributed by atoms with Gasteiger partial charge < -0.3 is 5.32 Å². The molecule has 4 nitrogen and oxygen atoms in total. The van der Waals surface area contributed by atoms with Crippen molar-refractivity contribution in [2.24, 2.45) is 5.41 Å². The fourth-order valence-electron chi connectivity index (χ4n) is 2.32. The Morgan fingerprint density at radius 1 is 1.47 bits per heavy atom. The number of aldehydes is 1. The van der Waals surface area contributed by atoms with Crippen molar-refractivity contribution in [3.8, 4) is 0 Å². The third kappa shape index (κ3) is 2.75. The first-order chi connectivity index (χ1) is 8.14. The molecule has 1 saturated carbocycles. The Kier molecular flexibility index (Phi) is 3.62. The van der Waals surface area contributed by atoms with Crippen LogP contribution in [0.3, 0.4) is 0 Å². The van der Waals surface area contributed by atoms with E-state index < -0.39 is 0 Å². The molecule has 0 spiro atoms. The first-order valence-electron chi connectivity index (χ1n) is 5.84. The summed E-state index contributed by atoms with van der Waals surface area (Å²) in [6.45, 7) is 3.08. The Morgan fingerprint density at radius 2 is 2.18 bits per heavy atom. The van der Waals surface area contributed by atoms with E-state index in [1.54, 1.807) is 0 Å². The Balaban J connectivity index is 2.08. The second kappa shape index (κ2) is 5.00. The van der Waals surface area contributed by atoms with Crippen LogP contribution in [0.5, 0.6) is 0 Å². The number of hydrogen-bond donors (Lipinski definition) is 1. The minimum Gasteiger partial charge on any atom is -0.369 e.